The summed E-state index contributed by atoms with van der Waals surface area (Å²) in [4.78, 5) is 13.0. The van der Waals surface area contributed by atoms with E-state index in [0.717, 1.165) is 21.0 Å². The van der Waals surface area contributed by atoms with Crippen molar-refractivity contribution >= 4 is 27.8 Å². The van der Waals surface area contributed by atoms with Gasteiger partial charge in [0.1, 0.15) is 30.4 Å². The zero-order chi connectivity index (χ0) is 30.1. The predicted octanol–water partition coefficient (Wildman–Crippen LogP) is 5.25. The molecule has 1 N–H and O–H groups in total. The highest BCUT2D eigenvalue weighted by atomic mass is 32.2. The number of sulfonamides is 1. The van der Waals surface area contributed by atoms with E-state index in [1.165, 1.54) is 44.2 Å². The number of carbonyl (C=O) groups is 1. The molecule has 0 saturated heterocycles. The standard InChI is InChI=1S/C32H33N3O6S/c1-23-5-9-26(10-6-23)22-41-27-13-11-25(12-14-27)20-33-34-32(36)21-35(30-18-15-28(39-3)19-31(30)40-4)42(37,38)29-16-7-24(2)8-17-29/h5-20H,21-22H2,1-4H3,(H,34,36)/b33-20-. The summed E-state index contributed by atoms with van der Waals surface area (Å²) in [6.07, 6.45) is 1.47. The van der Waals surface area contributed by atoms with Gasteiger partial charge in [0.05, 0.1) is 31.0 Å². The van der Waals surface area contributed by atoms with Crippen LogP contribution in [0.3, 0.4) is 0 Å². The van der Waals surface area contributed by atoms with Gasteiger partial charge in [0, 0.05) is 6.07 Å². The number of nitrogens with zero attached hydrogens (tertiary/aromatic N) is 2. The van der Waals surface area contributed by atoms with Gasteiger partial charge in [-0.1, -0.05) is 47.5 Å². The van der Waals surface area contributed by atoms with Crippen molar-refractivity contribution in [1.82, 2.24) is 5.43 Å². The number of aryl methyl sites for hydroxylation is 2. The number of methoxy groups -OCH3 is 2. The maximum absolute atomic E-state index is 13.7. The molecule has 0 aliphatic carbocycles. The van der Waals surface area contributed by atoms with Crippen molar-refractivity contribution in [2.24, 2.45) is 5.10 Å². The first kappa shape index (κ1) is 30.1. The molecule has 1 amide bonds. The molecule has 0 unspecified atom stereocenters. The summed E-state index contributed by atoms with van der Waals surface area (Å²) in [5.74, 6) is 0.759. The van der Waals surface area contributed by atoms with Gasteiger partial charge in [-0.3, -0.25) is 9.10 Å². The summed E-state index contributed by atoms with van der Waals surface area (Å²) in [7, 11) is -1.23. The van der Waals surface area contributed by atoms with Crippen molar-refractivity contribution in [3.8, 4) is 17.2 Å². The highest BCUT2D eigenvalue weighted by molar-refractivity contribution is 7.92. The Kier molecular flexibility index (Phi) is 9.82. The summed E-state index contributed by atoms with van der Waals surface area (Å²) in [5, 5.41) is 4.02. The third-order valence-corrected chi connectivity index (χ3v) is 8.13. The SMILES string of the molecule is COc1ccc(N(CC(=O)N/N=C\c2ccc(OCc3ccc(C)cc3)cc2)S(=O)(=O)c2ccc(C)cc2)c(OC)c1. The first-order valence-electron chi connectivity index (χ1n) is 13.1. The van der Waals surface area contributed by atoms with E-state index in [9.17, 15) is 13.2 Å². The first-order chi connectivity index (χ1) is 20.2. The Hall–Kier alpha value is -4.83. The minimum absolute atomic E-state index is 0.0342. The van der Waals surface area contributed by atoms with Gasteiger partial charge in [-0.05, 0) is 73.5 Å². The number of amides is 1. The smallest absolute Gasteiger partial charge is 0.264 e. The molecule has 9 nitrogen and oxygen atoms in total. The van der Waals surface area contributed by atoms with Gasteiger partial charge in [-0.25, -0.2) is 13.8 Å². The Labute approximate surface area is 246 Å². The number of benzene rings is 4. The van der Waals surface area contributed by atoms with Crippen LogP contribution in [0.4, 0.5) is 5.69 Å². The van der Waals surface area contributed by atoms with Crippen molar-refractivity contribution in [2.45, 2.75) is 25.3 Å². The molecule has 0 saturated carbocycles. The van der Waals surface area contributed by atoms with E-state index < -0.39 is 22.5 Å². The molecule has 0 fully saturated rings. The molecule has 42 heavy (non-hydrogen) atoms. The molecule has 4 aromatic carbocycles. The van der Waals surface area contributed by atoms with Crippen molar-refractivity contribution in [3.63, 3.8) is 0 Å². The monoisotopic (exact) mass is 587 g/mol. The molecule has 218 valence electrons. The molecular weight excluding hydrogens is 554 g/mol. The molecule has 0 atom stereocenters. The van der Waals surface area contributed by atoms with E-state index in [4.69, 9.17) is 14.2 Å². The fraction of sp³-hybridized carbons (Fsp3) is 0.188. The first-order valence-corrected chi connectivity index (χ1v) is 14.6. The number of rotatable bonds is 12. The quantitative estimate of drug-likeness (QED) is 0.179. The molecule has 10 heteroatoms. The van der Waals surface area contributed by atoms with Crippen LogP contribution < -0.4 is 23.9 Å². The van der Waals surface area contributed by atoms with Gasteiger partial charge < -0.3 is 14.2 Å². The minimum Gasteiger partial charge on any atom is -0.497 e. The molecule has 0 aromatic heterocycles. The predicted molar refractivity (Wildman–Crippen MR) is 163 cm³/mol. The fourth-order valence-corrected chi connectivity index (χ4v) is 5.41. The maximum Gasteiger partial charge on any atom is 0.264 e. The van der Waals surface area contributed by atoms with Crippen LogP contribution in [0.15, 0.2) is 101 Å². The molecule has 0 aliphatic heterocycles. The summed E-state index contributed by atoms with van der Waals surface area (Å²) < 4.78 is 44.9. The van der Waals surface area contributed by atoms with Crippen molar-refractivity contribution < 1.29 is 27.4 Å². The lowest BCUT2D eigenvalue weighted by Crippen LogP contribution is -2.39. The van der Waals surface area contributed by atoms with Gasteiger partial charge in [-0.2, -0.15) is 5.10 Å². The van der Waals surface area contributed by atoms with E-state index in [1.807, 2.05) is 50.2 Å². The largest absolute Gasteiger partial charge is 0.497 e. The van der Waals surface area contributed by atoms with E-state index in [2.05, 4.69) is 10.5 Å². The highest BCUT2D eigenvalue weighted by Gasteiger charge is 2.29. The topological polar surface area (TPSA) is 107 Å². The van der Waals surface area contributed by atoms with Crippen molar-refractivity contribution in [2.75, 3.05) is 25.1 Å². The lowest BCUT2D eigenvalue weighted by atomic mass is 10.2. The number of anilines is 1. The number of nitrogens with one attached hydrogen (secondary N) is 1. The van der Waals surface area contributed by atoms with Crippen LogP contribution in [0, 0.1) is 13.8 Å². The number of hydrazone groups is 1. The second-order valence-corrected chi connectivity index (χ2v) is 11.4. The summed E-state index contributed by atoms with van der Waals surface area (Å²) in [6.45, 7) is 3.81. The van der Waals surface area contributed by atoms with Crippen molar-refractivity contribution in [3.05, 3.63) is 113 Å². The molecule has 0 spiro atoms. The van der Waals surface area contributed by atoms with E-state index in [1.54, 1.807) is 36.4 Å². The van der Waals surface area contributed by atoms with Crippen LogP contribution in [0.2, 0.25) is 0 Å². The molecule has 4 rings (SSSR count). The number of carbonyl (C=O) groups excluding carboxylic acids is 1. The molecule has 0 heterocycles. The normalized spacial score (nSPS) is 11.2. The van der Waals surface area contributed by atoms with Crippen LogP contribution in [-0.4, -0.2) is 41.3 Å². The summed E-state index contributed by atoms with van der Waals surface area (Å²) in [5.41, 5.74) is 6.48. The Morgan fingerprint density at radius 3 is 2.07 bits per heavy atom. The molecule has 4 aromatic rings. The molecule has 0 radical (unpaired) electrons. The Morgan fingerprint density at radius 2 is 1.45 bits per heavy atom. The number of hydrogen-bond donors (Lipinski definition) is 1. The molecule has 0 aliphatic rings. The summed E-state index contributed by atoms with van der Waals surface area (Å²) in [6, 6.07) is 26.4. The third-order valence-electron chi connectivity index (χ3n) is 6.36. The van der Waals surface area contributed by atoms with Crippen LogP contribution in [0.1, 0.15) is 22.3 Å². The maximum atomic E-state index is 13.7. The lowest BCUT2D eigenvalue weighted by Gasteiger charge is -2.25. The Bertz CT molecular complexity index is 1640. The molecule has 0 bridgehead atoms. The van der Waals surface area contributed by atoms with Gasteiger partial charge in [0.2, 0.25) is 0 Å². The molecular formula is C32H33N3O6S. The van der Waals surface area contributed by atoms with Gasteiger partial charge in [-0.15, -0.1) is 0 Å². The van der Waals surface area contributed by atoms with Crippen LogP contribution in [0.25, 0.3) is 0 Å². The fourth-order valence-electron chi connectivity index (χ4n) is 3.97. The second kappa shape index (κ2) is 13.7. The van der Waals surface area contributed by atoms with Crippen LogP contribution in [0.5, 0.6) is 17.2 Å². The Morgan fingerprint density at radius 1 is 0.833 bits per heavy atom. The van der Waals surface area contributed by atoms with E-state index in [0.29, 0.717) is 18.1 Å². The zero-order valence-electron chi connectivity index (χ0n) is 23.9. The van der Waals surface area contributed by atoms with Gasteiger partial charge >= 0.3 is 0 Å². The van der Waals surface area contributed by atoms with Gasteiger partial charge in [0.25, 0.3) is 15.9 Å². The van der Waals surface area contributed by atoms with Crippen LogP contribution in [-0.2, 0) is 21.4 Å². The van der Waals surface area contributed by atoms with Crippen LogP contribution >= 0.6 is 0 Å². The lowest BCUT2D eigenvalue weighted by molar-refractivity contribution is -0.119. The average molecular weight is 588 g/mol. The highest BCUT2D eigenvalue weighted by Crippen LogP contribution is 2.35. The Balaban J connectivity index is 1.46. The van der Waals surface area contributed by atoms with E-state index in [-0.39, 0.29) is 16.3 Å². The van der Waals surface area contributed by atoms with Crippen molar-refractivity contribution in [1.29, 1.82) is 0 Å². The number of ether oxygens (including phenoxy) is 3. The summed E-state index contributed by atoms with van der Waals surface area (Å²) >= 11 is 0. The average Bonchev–Trinajstić information content (AvgIpc) is 3.00. The van der Waals surface area contributed by atoms with E-state index >= 15 is 0 Å². The minimum atomic E-state index is -4.14. The second-order valence-electron chi connectivity index (χ2n) is 9.50. The third kappa shape index (κ3) is 7.67. The van der Waals surface area contributed by atoms with Gasteiger partial charge in [0.15, 0.2) is 0 Å². The zero-order valence-corrected chi connectivity index (χ0v) is 24.7. The number of hydrogen-bond acceptors (Lipinski definition) is 7.